The Morgan fingerprint density at radius 1 is 0.771 bits per heavy atom. The lowest BCUT2D eigenvalue weighted by Crippen LogP contribution is -2.54. The SMILES string of the molecule is O=C(NC1NCC2CC(C3CCC(C(=O)N4CCN(C(=O)C5(O)CC5)CC4)CC3)CCC21)C1CC1. The molecule has 0 aromatic carbocycles. The van der Waals surface area contributed by atoms with Gasteiger partial charge in [-0.2, -0.15) is 0 Å². The van der Waals surface area contributed by atoms with E-state index in [1.165, 1.54) is 19.3 Å². The fraction of sp³-hybridized carbons (Fsp3) is 0.889. The highest BCUT2D eigenvalue weighted by Crippen LogP contribution is 2.46. The molecule has 8 heteroatoms. The molecule has 4 atom stereocenters. The van der Waals surface area contributed by atoms with Gasteiger partial charge in [0.05, 0.1) is 6.17 Å². The van der Waals surface area contributed by atoms with Crippen molar-refractivity contribution < 1.29 is 19.5 Å². The molecule has 0 spiro atoms. The Kier molecular flexibility index (Phi) is 6.32. The third-order valence-corrected chi connectivity index (χ3v) is 10.1. The lowest BCUT2D eigenvalue weighted by atomic mass is 9.66. The number of rotatable bonds is 5. The van der Waals surface area contributed by atoms with Crippen molar-refractivity contribution in [2.45, 2.75) is 82.4 Å². The van der Waals surface area contributed by atoms with E-state index in [0.29, 0.717) is 50.9 Å². The van der Waals surface area contributed by atoms with Crippen LogP contribution in [0.5, 0.6) is 0 Å². The van der Waals surface area contributed by atoms with E-state index >= 15 is 0 Å². The van der Waals surface area contributed by atoms with E-state index in [2.05, 4.69) is 10.6 Å². The molecule has 0 aromatic rings. The van der Waals surface area contributed by atoms with E-state index in [-0.39, 0.29) is 35.7 Å². The lowest BCUT2D eigenvalue weighted by molar-refractivity contribution is -0.148. The van der Waals surface area contributed by atoms with Crippen LogP contribution in [0.3, 0.4) is 0 Å². The van der Waals surface area contributed by atoms with Crippen LogP contribution in [0.1, 0.15) is 70.6 Å². The van der Waals surface area contributed by atoms with Gasteiger partial charge in [-0.1, -0.05) is 0 Å². The zero-order valence-electron chi connectivity index (χ0n) is 20.9. The van der Waals surface area contributed by atoms with Crippen LogP contribution in [0.4, 0.5) is 0 Å². The van der Waals surface area contributed by atoms with Crippen LogP contribution in [0.2, 0.25) is 0 Å². The topological polar surface area (TPSA) is 102 Å². The van der Waals surface area contributed by atoms with Crippen LogP contribution < -0.4 is 10.6 Å². The van der Waals surface area contributed by atoms with E-state index in [4.69, 9.17) is 0 Å². The fourth-order valence-corrected chi connectivity index (χ4v) is 7.48. The molecule has 3 amide bonds. The summed E-state index contributed by atoms with van der Waals surface area (Å²) in [6, 6.07) is 0. The molecule has 6 fully saturated rings. The first kappa shape index (κ1) is 23.7. The number of fused-ring (bicyclic) bond motifs is 1. The van der Waals surface area contributed by atoms with Gasteiger partial charge in [-0.3, -0.25) is 19.7 Å². The summed E-state index contributed by atoms with van der Waals surface area (Å²) in [5.74, 6) is 3.53. The molecule has 4 unspecified atom stereocenters. The van der Waals surface area contributed by atoms with E-state index in [1.54, 1.807) is 4.90 Å². The first-order valence-electron chi connectivity index (χ1n) is 14.3. The van der Waals surface area contributed by atoms with Gasteiger partial charge in [-0.15, -0.1) is 0 Å². The number of carbonyl (C=O) groups excluding carboxylic acids is 3. The molecule has 6 rings (SSSR count). The van der Waals surface area contributed by atoms with Crippen molar-refractivity contribution in [1.82, 2.24) is 20.4 Å². The molecule has 4 aliphatic carbocycles. The predicted molar refractivity (Wildman–Crippen MR) is 130 cm³/mol. The quantitative estimate of drug-likeness (QED) is 0.546. The molecule has 35 heavy (non-hydrogen) atoms. The molecule has 2 heterocycles. The van der Waals surface area contributed by atoms with Crippen LogP contribution in [-0.2, 0) is 14.4 Å². The molecular formula is C27H42N4O4. The Labute approximate surface area is 208 Å². The van der Waals surface area contributed by atoms with Crippen LogP contribution in [-0.4, -0.2) is 77.1 Å². The van der Waals surface area contributed by atoms with E-state index < -0.39 is 5.60 Å². The van der Waals surface area contributed by atoms with Crippen molar-refractivity contribution in [1.29, 1.82) is 0 Å². The Morgan fingerprint density at radius 2 is 1.40 bits per heavy atom. The second kappa shape index (κ2) is 9.33. The normalized spacial score (nSPS) is 38.5. The molecule has 3 N–H and O–H groups in total. The number of piperazine rings is 1. The van der Waals surface area contributed by atoms with Gasteiger partial charge in [0, 0.05) is 44.6 Å². The van der Waals surface area contributed by atoms with Crippen molar-refractivity contribution in [3.05, 3.63) is 0 Å². The van der Waals surface area contributed by atoms with Crippen LogP contribution in [0.25, 0.3) is 0 Å². The summed E-state index contributed by atoms with van der Waals surface area (Å²) in [5.41, 5.74) is -1.11. The number of nitrogens with zero attached hydrogens (tertiary/aromatic N) is 2. The number of carbonyl (C=O) groups is 3. The summed E-state index contributed by atoms with van der Waals surface area (Å²) in [4.78, 5) is 41.5. The molecule has 6 aliphatic rings. The molecule has 8 nitrogen and oxygen atoms in total. The third-order valence-electron chi connectivity index (χ3n) is 10.1. The summed E-state index contributed by atoms with van der Waals surface area (Å²) >= 11 is 0. The molecule has 4 saturated carbocycles. The zero-order chi connectivity index (χ0) is 24.2. The lowest BCUT2D eigenvalue weighted by Gasteiger charge is -2.41. The summed E-state index contributed by atoms with van der Waals surface area (Å²) in [6.07, 6.45) is 11.4. The number of aliphatic hydroxyl groups is 1. The monoisotopic (exact) mass is 486 g/mol. The fourth-order valence-electron chi connectivity index (χ4n) is 7.48. The second-order valence-electron chi connectivity index (χ2n) is 12.4. The third kappa shape index (κ3) is 4.85. The number of nitrogens with one attached hydrogen (secondary N) is 2. The molecule has 2 aliphatic heterocycles. The Morgan fingerprint density at radius 3 is 2.06 bits per heavy atom. The first-order chi connectivity index (χ1) is 16.9. The van der Waals surface area contributed by atoms with Gasteiger partial charge in [-0.05, 0) is 94.3 Å². The van der Waals surface area contributed by atoms with Crippen LogP contribution in [0.15, 0.2) is 0 Å². The van der Waals surface area contributed by atoms with Crippen molar-refractivity contribution in [2.24, 2.45) is 35.5 Å². The summed E-state index contributed by atoms with van der Waals surface area (Å²) in [6.45, 7) is 3.30. The van der Waals surface area contributed by atoms with E-state index in [0.717, 1.165) is 56.9 Å². The highest BCUT2D eigenvalue weighted by Gasteiger charge is 2.50. The molecule has 194 valence electrons. The van der Waals surface area contributed by atoms with E-state index in [9.17, 15) is 19.5 Å². The first-order valence-corrected chi connectivity index (χ1v) is 14.3. The minimum atomic E-state index is -1.11. The van der Waals surface area contributed by atoms with Crippen molar-refractivity contribution in [3.8, 4) is 0 Å². The molecule has 0 bridgehead atoms. The maximum atomic E-state index is 13.2. The van der Waals surface area contributed by atoms with E-state index in [1.807, 2.05) is 4.90 Å². The summed E-state index contributed by atoms with van der Waals surface area (Å²) < 4.78 is 0. The highest BCUT2D eigenvalue weighted by atomic mass is 16.3. The standard InChI is InChI=1S/C27H42N4O4/c32-24(18-3-4-18)29-23-22-8-7-20(15-21(22)16-28-23)17-1-5-19(6-2-17)25(33)30-11-13-31(14-12-30)26(34)27(35)9-10-27/h17-23,28,35H,1-16H2,(H,29,32). The van der Waals surface area contributed by atoms with Crippen molar-refractivity contribution in [3.63, 3.8) is 0 Å². The van der Waals surface area contributed by atoms with Gasteiger partial charge < -0.3 is 20.2 Å². The maximum absolute atomic E-state index is 13.2. The largest absolute Gasteiger partial charge is 0.380 e. The van der Waals surface area contributed by atoms with Crippen molar-refractivity contribution >= 4 is 17.7 Å². The zero-order valence-corrected chi connectivity index (χ0v) is 20.9. The van der Waals surface area contributed by atoms with Gasteiger partial charge in [0.25, 0.3) is 5.91 Å². The molecule has 0 aromatic heterocycles. The molecular weight excluding hydrogens is 444 g/mol. The van der Waals surface area contributed by atoms with Gasteiger partial charge in [-0.25, -0.2) is 0 Å². The minimum Gasteiger partial charge on any atom is -0.380 e. The second-order valence-corrected chi connectivity index (χ2v) is 12.4. The van der Waals surface area contributed by atoms with Gasteiger partial charge in [0.2, 0.25) is 11.8 Å². The maximum Gasteiger partial charge on any atom is 0.254 e. The highest BCUT2D eigenvalue weighted by molar-refractivity contribution is 5.88. The minimum absolute atomic E-state index is 0.132. The Bertz CT molecular complexity index is 840. The average Bonchev–Trinajstić information content (AvgIpc) is 3.83. The summed E-state index contributed by atoms with van der Waals surface area (Å²) in [7, 11) is 0. The Balaban J connectivity index is 0.937. The van der Waals surface area contributed by atoms with Gasteiger partial charge in [0.15, 0.2) is 0 Å². The number of hydrogen-bond donors (Lipinski definition) is 3. The Hall–Kier alpha value is -1.67. The van der Waals surface area contributed by atoms with Crippen LogP contribution in [0, 0.1) is 35.5 Å². The van der Waals surface area contributed by atoms with Gasteiger partial charge >= 0.3 is 0 Å². The van der Waals surface area contributed by atoms with Crippen molar-refractivity contribution in [2.75, 3.05) is 32.7 Å². The van der Waals surface area contributed by atoms with Crippen LogP contribution >= 0.6 is 0 Å². The summed E-state index contributed by atoms with van der Waals surface area (Å²) in [5, 5.41) is 17.0. The molecule has 0 radical (unpaired) electrons. The number of amides is 3. The smallest absolute Gasteiger partial charge is 0.254 e. The number of hydrogen-bond acceptors (Lipinski definition) is 5. The van der Waals surface area contributed by atoms with Gasteiger partial charge in [0.1, 0.15) is 5.60 Å². The average molecular weight is 487 g/mol. The predicted octanol–water partition coefficient (Wildman–Crippen LogP) is 1.48. The molecule has 2 saturated heterocycles.